The summed E-state index contributed by atoms with van der Waals surface area (Å²) in [5.41, 5.74) is 2.20. The average Bonchev–Trinajstić information content (AvgIpc) is 2.94. The molecular weight excluding hydrogens is 316 g/mol. The van der Waals surface area contributed by atoms with E-state index in [4.69, 9.17) is 9.15 Å². The highest BCUT2D eigenvalue weighted by molar-refractivity contribution is 5.82. The summed E-state index contributed by atoms with van der Waals surface area (Å²) in [5, 5.41) is 14.8. The molecule has 2 atom stereocenters. The van der Waals surface area contributed by atoms with E-state index < -0.39 is 6.10 Å². The lowest BCUT2D eigenvalue weighted by Crippen LogP contribution is -2.46. The molecule has 0 aliphatic carbocycles. The molecule has 0 radical (unpaired) electrons. The molecule has 0 bridgehead atoms. The number of benzene rings is 1. The largest absolute Gasteiger partial charge is 0.459 e. The van der Waals surface area contributed by atoms with Gasteiger partial charge in [0, 0.05) is 25.1 Å². The number of hydrogen-bond acceptors (Lipinski definition) is 5. The molecule has 138 valence electrons. The number of hydrogen-bond donors (Lipinski definition) is 2. The lowest BCUT2D eigenvalue weighted by Gasteiger charge is -2.34. The maximum atomic E-state index is 9.87. The van der Waals surface area contributed by atoms with E-state index >= 15 is 0 Å². The number of methoxy groups -OCH3 is 1. The van der Waals surface area contributed by atoms with Crippen LogP contribution in [-0.4, -0.2) is 55.5 Å². The topological polar surface area (TPSA) is 57.9 Å². The van der Waals surface area contributed by atoms with Crippen LogP contribution in [-0.2, 0) is 4.74 Å². The van der Waals surface area contributed by atoms with Gasteiger partial charge in [-0.2, -0.15) is 0 Å². The fraction of sp³-hybridized carbons (Fsp3) is 0.600. The Balaban J connectivity index is 1.54. The van der Waals surface area contributed by atoms with Gasteiger partial charge in [0.15, 0.2) is 0 Å². The Labute approximate surface area is 149 Å². The Morgan fingerprint density at radius 2 is 2.04 bits per heavy atom. The summed E-state index contributed by atoms with van der Waals surface area (Å²) < 4.78 is 11.1. The zero-order valence-corrected chi connectivity index (χ0v) is 15.5. The van der Waals surface area contributed by atoms with Crippen LogP contribution in [0.1, 0.15) is 37.1 Å². The first kappa shape index (κ1) is 18.4. The lowest BCUT2D eigenvalue weighted by molar-refractivity contribution is 0.0307. The maximum Gasteiger partial charge on any atom is 0.134 e. The second-order valence-electron chi connectivity index (χ2n) is 7.16. The van der Waals surface area contributed by atoms with Crippen molar-refractivity contribution < 1.29 is 14.3 Å². The van der Waals surface area contributed by atoms with Gasteiger partial charge in [0.1, 0.15) is 11.3 Å². The highest BCUT2D eigenvalue weighted by atomic mass is 16.5. The van der Waals surface area contributed by atoms with E-state index in [2.05, 4.69) is 36.2 Å². The summed E-state index contributed by atoms with van der Waals surface area (Å²) in [7, 11) is 1.63. The highest BCUT2D eigenvalue weighted by Crippen LogP contribution is 2.29. The first-order valence-corrected chi connectivity index (χ1v) is 9.22. The predicted molar refractivity (Wildman–Crippen MR) is 99.8 cm³/mol. The number of aliphatic hydroxyl groups is 1. The molecule has 2 heterocycles. The number of para-hydroxylation sites is 1. The Kier molecular flexibility index (Phi) is 6.12. The van der Waals surface area contributed by atoms with Gasteiger partial charge in [-0.1, -0.05) is 18.2 Å². The minimum atomic E-state index is -0.397. The monoisotopic (exact) mass is 346 g/mol. The zero-order chi connectivity index (χ0) is 17.8. The van der Waals surface area contributed by atoms with Crippen LogP contribution in [0.2, 0.25) is 0 Å². The molecule has 1 aromatic carbocycles. The maximum absolute atomic E-state index is 9.87. The van der Waals surface area contributed by atoms with Crippen molar-refractivity contribution in [3.8, 4) is 0 Å². The molecule has 2 unspecified atom stereocenters. The van der Waals surface area contributed by atoms with Crippen LogP contribution in [0.5, 0.6) is 0 Å². The molecule has 3 rings (SSSR count). The number of aryl methyl sites for hydroxylation is 1. The van der Waals surface area contributed by atoms with E-state index in [0.717, 1.165) is 37.3 Å². The van der Waals surface area contributed by atoms with Gasteiger partial charge in [-0.15, -0.1) is 0 Å². The predicted octanol–water partition coefficient (Wildman–Crippen LogP) is 2.86. The van der Waals surface area contributed by atoms with Gasteiger partial charge in [-0.25, -0.2) is 0 Å². The Morgan fingerprint density at radius 1 is 1.32 bits per heavy atom. The van der Waals surface area contributed by atoms with Crippen LogP contribution in [0.3, 0.4) is 0 Å². The number of nitrogens with zero attached hydrogens (tertiary/aromatic N) is 1. The van der Waals surface area contributed by atoms with Crippen molar-refractivity contribution in [2.75, 3.05) is 33.4 Å². The second kappa shape index (κ2) is 8.32. The van der Waals surface area contributed by atoms with Gasteiger partial charge < -0.3 is 24.5 Å². The third kappa shape index (κ3) is 4.42. The van der Waals surface area contributed by atoms with Crippen molar-refractivity contribution >= 4 is 11.0 Å². The smallest absolute Gasteiger partial charge is 0.134 e. The van der Waals surface area contributed by atoms with Gasteiger partial charge in [0.05, 0.1) is 18.8 Å². The van der Waals surface area contributed by atoms with Gasteiger partial charge in [0.25, 0.3) is 0 Å². The molecule has 1 aliphatic rings. The number of piperidine rings is 1. The van der Waals surface area contributed by atoms with Crippen molar-refractivity contribution in [3.05, 3.63) is 35.6 Å². The number of nitrogens with one attached hydrogen (secondary N) is 1. The molecule has 0 amide bonds. The second-order valence-corrected chi connectivity index (χ2v) is 7.16. The Bertz CT molecular complexity index is 677. The third-order valence-corrected chi connectivity index (χ3v) is 5.18. The minimum Gasteiger partial charge on any atom is -0.459 e. The molecule has 25 heavy (non-hydrogen) atoms. The first-order chi connectivity index (χ1) is 12.1. The summed E-state index contributed by atoms with van der Waals surface area (Å²) in [6, 6.07) is 8.90. The Hall–Kier alpha value is -1.40. The summed E-state index contributed by atoms with van der Waals surface area (Å²) in [6.07, 6.45) is 1.78. The van der Waals surface area contributed by atoms with Crippen LogP contribution in [0.25, 0.3) is 11.0 Å². The highest BCUT2D eigenvalue weighted by Gasteiger charge is 2.24. The van der Waals surface area contributed by atoms with Gasteiger partial charge in [-0.3, -0.25) is 0 Å². The van der Waals surface area contributed by atoms with Gasteiger partial charge >= 0.3 is 0 Å². The first-order valence-electron chi connectivity index (χ1n) is 9.22. The van der Waals surface area contributed by atoms with Crippen molar-refractivity contribution in [1.82, 2.24) is 10.2 Å². The minimum absolute atomic E-state index is 0.197. The fourth-order valence-electron chi connectivity index (χ4n) is 3.86. The molecule has 0 spiro atoms. The van der Waals surface area contributed by atoms with Gasteiger partial charge in [-0.05, 0) is 51.4 Å². The molecule has 0 saturated carbocycles. The zero-order valence-electron chi connectivity index (χ0n) is 15.5. The molecular formula is C20H30N2O3. The van der Waals surface area contributed by atoms with E-state index in [1.165, 1.54) is 10.9 Å². The lowest BCUT2D eigenvalue weighted by atomic mass is 10.0. The number of β-amino-alcohol motifs (C(OH)–C–C–N with tert-alkyl or cyclic N) is 1. The summed E-state index contributed by atoms with van der Waals surface area (Å²) in [6.45, 7) is 7.42. The number of furan rings is 1. The molecule has 2 aromatic rings. The number of fused-ring (bicyclic) bond motifs is 1. The van der Waals surface area contributed by atoms with Gasteiger partial charge in [0.2, 0.25) is 0 Å². The molecule has 2 N–H and O–H groups in total. The van der Waals surface area contributed by atoms with E-state index in [-0.39, 0.29) is 6.04 Å². The molecule has 1 aromatic heterocycles. The molecule has 5 nitrogen and oxygen atoms in total. The van der Waals surface area contributed by atoms with E-state index in [9.17, 15) is 5.11 Å². The standard InChI is InChI=1S/C20H30N2O3/c1-14-18-6-4-5-7-19(18)25-20(14)15(2)21-16-8-10-22(11-9-16)12-17(23)13-24-3/h4-7,15-17,21,23H,8-13H2,1-3H3. The van der Waals surface area contributed by atoms with E-state index in [1.807, 2.05) is 12.1 Å². The fourth-order valence-corrected chi connectivity index (χ4v) is 3.86. The van der Waals surface area contributed by atoms with Crippen LogP contribution in [0.15, 0.2) is 28.7 Å². The number of aliphatic hydroxyl groups excluding tert-OH is 1. The van der Waals surface area contributed by atoms with Crippen molar-refractivity contribution in [3.63, 3.8) is 0 Å². The van der Waals surface area contributed by atoms with Crippen LogP contribution >= 0.6 is 0 Å². The van der Waals surface area contributed by atoms with Crippen LogP contribution in [0, 0.1) is 6.92 Å². The number of rotatable bonds is 7. The Morgan fingerprint density at radius 3 is 2.72 bits per heavy atom. The number of ether oxygens (including phenoxy) is 1. The van der Waals surface area contributed by atoms with Crippen LogP contribution in [0.4, 0.5) is 0 Å². The van der Waals surface area contributed by atoms with Crippen molar-refractivity contribution in [2.24, 2.45) is 0 Å². The normalized spacial score (nSPS) is 19.4. The van der Waals surface area contributed by atoms with Crippen molar-refractivity contribution in [2.45, 2.75) is 44.9 Å². The average molecular weight is 346 g/mol. The third-order valence-electron chi connectivity index (χ3n) is 5.18. The molecule has 1 fully saturated rings. The quantitative estimate of drug-likeness (QED) is 0.807. The molecule has 1 saturated heterocycles. The van der Waals surface area contributed by atoms with Crippen LogP contribution < -0.4 is 5.32 Å². The van der Waals surface area contributed by atoms with E-state index in [1.54, 1.807) is 7.11 Å². The summed E-state index contributed by atoms with van der Waals surface area (Å²) in [5.74, 6) is 1.04. The SMILES string of the molecule is COCC(O)CN1CCC(NC(C)c2oc3ccccc3c2C)CC1. The van der Waals surface area contributed by atoms with Crippen molar-refractivity contribution in [1.29, 1.82) is 0 Å². The molecule has 5 heteroatoms. The number of likely N-dealkylation sites (tertiary alicyclic amines) is 1. The molecule has 1 aliphatic heterocycles. The summed E-state index contributed by atoms with van der Waals surface area (Å²) >= 11 is 0. The summed E-state index contributed by atoms with van der Waals surface area (Å²) in [4.78, 5) is 2.32. The van der Waals surface area contributed by atoms with E-state index in [0.29, 0.717) is 19.2 Å².